The molecule has 2 unspecified atom stereocenters. The summed E-state index contributed by atoms with van der Waals surface area (Å²) in [5.74, 6) is 0. The summed E-state index contributed by atoms with van der Waals surface area (Å²) in [5, 5.41) is 5.33. The maximum Gasteiger partial charge on any atom is 0.252 e. The minimum absolute atomic E-state index is 0.0415. The molecule has 3 nitrogen and oxygen atoms in total. The molecule has 0 amide bonds. The molecule has 0 bridgehead atoms. The SMILES string of the molecule is CC12CCCCC1(C)N1c3ccccc3B3c4ccc5c(c4N(c4ccccc4)c4ccc2c1c43)c1cccc2c3ccccc3n5c21. The molecule has 4 heteroatoms. The van der Waals surface area contributed by atoms with E-state index >= 15 is 0 Å². The van der Waals surface area contributed by atoms with Gasteiger partial charge in [0.1, 0.15) is 0 Å². The Morgan fingerprint density at radius 1 is 0.583 bits per heavy atom. The predicted molar refractivity (Wildman–Crippen MR) is 203 cm³/mol. The highest BCUT2D eigenvalue weighted by Crippen LogP contribution is 2.62. The Kier molecular flexibility index (Phi) is 4.54. The van der Waals surface area contributed by atoms with Crippen molar-refractivity contribution >= 4 is 89.6 Å². The molecule has 1 fully saturated rings. The largest absolute Gasteiger partial charge is 0.335 e. The van der Waals surface area contributed by atoms with Crippen LogP contribution in [0.25, 0.3) is 38.1 Å². The van der Waals surface area contributed by atoms with Crippen molar-refractivity contribution in [2.45, 2.75) is 50.5 Å². The molecule has 0 spiro atoms. The monoisotopic (exact) mass is 615 g/mol. The van der Waals surface area contributed by atoms with Gasteiger partial charge in [0.2, 0.25) is 0 Å². The van der Waals surface area contributed by atoms with Crippen LogP contribution in [-0.4, -0.2) is 16.7 Å². The molecular weight excluding hydrogens is 581 g/mol. The lowest BCUT2D eigenvalue weighted by atomic mass is 9.33. The van der Waals surface area contributed by atoms with Crippen LogP contribution in [0.2, 0.25) is 0 Å². The lowest BCUT2D eigenvalue weighted by molar-refractivity contribution is 0.195. The summed E-state index contributed by atoms with van der Waals surface area (Å²) in [5.41, 5.74) is 16.7. The Morgan fingerprint density at radius 3 is 2.27 bits per heavy atom. The molecule has 6 aromatic carbocycles. The van der Waals surface area contributed by atoms with Gasteiger partial charge in [0, 0.05) is 49.7 Å². The van der Waals surface area contributed by atoms with Gasteiger partial charge in [-0.1, -0.05) is 105 Å². The molecule has 1 saturated carbocycles. The Balaban J connectivity index is 1.27. The first kappa shape index (κ1) is 25.8. The molecule has 3 aliphatic heterocycles. The molecule has 228 valence electrons. The number of para-hydroxylation sites is 4. The number of aromatic nitrogens is 1. The second-order valence-electron chi connectivity index (χ2n) is 15.2. The third-order valence-corrected chi connectivity index (χ3v) is 13.2. The van der Waals surface area contributed by atoms with E-state index in [0.717, 1.165) is 0 Å². The van der Waals surface area contributed by atoms with Crippen LogP contribution in [0.5, 0.6) is 0 Å². The van der Waals surface area contributed by atoms with Gasteiger partial charge in [-0.15, -0.1) is 0 Å². The normalized spacial score (nSPS) is 22.1. The van der Waals surface area contributed by atoms with E-state index in [2.05, 4.69) is 149 Å². The second kappa shape index (κ2) is 8.43. The molecule has 0 N–H and O–H groups in total. The first-order valence-electron chi connectivity index (χ1n) is 17.7. The average Bonchev–Trinajstić information content (AvgIpc) is 3.72. The molecular formula is C44H34BN3. The van der Waals surface area contributed by atoms with Gasteiger partial charge in [0.05, 0.1) is 27.8 Å². The molecule has 0 radical (unpaired) electrons. The van der Waals surface area contributed by atoms with Crippen LogP contribution in [0.4, 0.5) is 28.4 Å². The van der Waals surface area contributed by atoms with Crippen molar-refractivity contribution in [1.29, 1.82) is 0 Å². The Hall–Kier alpha value is -5.22. The maximum absolute atomic E-state index is 2.81. The smallest absolute Gasteiger partial charge is 0.252 e. The lowest BCUT2D eigenvalue weighted by Gasteiger charge is -2.52. The van der Waals surface area contributed by atoms with E-state index in [9.17, 15) is 0 Å². The number of hydrogen-bond acceptors (Lipinski definition) is 2. The van der Waals surface area contributed by atoms with Crippen molar-refractivity contribution in [2.75, 3.05) is 9.80 Å². The van der Waals surface area contributed by atoms with E-state index < -0.39 is 0 Å². The van der Waals surface area contributed by atoms with E-state index in [-0.39, 0.29) is 17.7 Å². The van der Waals surface area contributed by atoms with E-state index in [1.54, 1.807) is 5.56 Å². The van der Waals surface area contributed by atoms with Crippen LogP contribution < -0.4 is 26.2 Å². The third kappa shape index (κ3) is 2.69. The van der Waals surface area contributed by atoms with Crippen LogP contribution in [0, 0.1) is 0 Å². The third-order valence-electron chi connectivity index (χ3n) is 13.2. The average molecular weight is 616 g/mol. The molecule has 1 aliphatic carbocycles. The number of anilines is 5. The van der Waals surface area contributed by atoms with Crippen molar-refractivity contribution < 1.29 is 0 Å². The first-order valence-corrected chi connectivity index (χ1v) is 17.7. The molecule has 4 aliphatic rings. The number of benzene rings is 6. The minimum atomic E-state index is 0.0415. The summed E-state index contributed by atoms with van der Waals surface area (Å²) in [4.78, 5) is 5.43. The zero-order chi connectivity index (χ0) is 31.5. The van der Waals surface area contributed by atoms with E-state index in [1.807, 2.05) is 0 Å². The summed E-state index contributed by atoms with van der Waals surface area (Å²) >= 11 is 0. The minimum Gasteiger partial charge on any atom is -0.335 e. The predicted octanol–water partition coefficient (Wildman–Crippen LogP) is 9.19. The topological polar surface area (TPSA) is 10.9 Å². The van der Waals surface area contributed by atoms with Gasteiger partial charge in [-0.25, -0.2) is 0 Å². The fourth-order valence-corrected chi connectivity index (χ4v) is 11.0. The number of fused-ring (bicyclic) bond motifs is 15. The summed E-state index contributed by atoms with van der Waals surface area (Å²) in [6, 6.07) is 46.2. The fourth-order valence-electron chi connectivity index (χ4n) is 11.0. The molecule has 2 atom stereocenters. The van der Waals surface area contributed by atoms with Crippen LogP contribution in [0.3, 0.4) is 0 Å². The molecule has 2 aromatic heterocycles. The second-order valence-corrected chi connectivity index (χ2v) is 15.2. The standard InChI is InChI=1S/C44H34BN3/c1-43-25-10-11-26-44(43,2)48-35-20-9-7-18-32(35)45-33-22-24-36-38(30-17-12-16-29-28-15-6-8-19-34(28)47(36)40(29)30)42(33)46(27-13-4-3-5-14-27)37-23-21-31(43)41(48)39(37)45/h3-9,12-24H,10-11,25-26H2,1-2H3. The first-order chi connectivity index (χ1) is 23.6. The summed E-state index contributed by atoms with van der Waals surface area (Å²) in [6.45, 7) is 5.29. The van der Waals surface area contributed by atoms with Crippen LogP contribution >= 0.6 is 0 Å². The molecule has 5 heterocycles. The fraction of sp³-hybridized carbons (Fsp3) is 0.182. The highest BCUT2D eigenvalue weighted by molar-refractivity contribution is 7.00. The summed E-state index contributed by atoms with van der Waals surface area (Å²) < 4.78 is 2.53. The van der Waals surface area contributed by atoms with Crippen LogP contribution in [0.15, 0.2) is 121 Å². The zero-order valence-electron chi connectivity index (χ0n) is 27.3. The molecule has 0 saturated heterocycles. The number of rotatable bonds is 1. The zero-order valence-corrected chi connectivity index (χ0v) is 27.3. The highest BCUT2D eigenvalue weighted by Gasteiger charge is 2.61. The highest BCUT2D eigenvalue weighted by atomic mass is 15.3. The summed E-state index contributed by atoms with van der Waals surface area (Å²) in [7, 11) is 0. The molecule has 8 aromatic rings. The van der Waals surface area contributed by atoms with Gasteiger partial charge in [-0.3, -0.25) is 0 Å². The Labute approximate surface area is 280 Å². The van der Waals surface area contributed by atoms with Crippen molar-refractivity contribution in [3.05, 3.63) is 127 Å². The van der Waals surface area contributed by atoms with Gasteiger partial charge in [-0.05, 0) is 78.1 Å². The van der Waals surface area contributed by atoms with Crippen molar-refractivity contribution in [2.24, 2.45) is 0 Å². The Morgan fingerprint density at radius 2 is 1.35 bits per heavy atom. The Bertz CT molecular complexity index is 2690. The molecule has 12 rings (SSSR count). The van der Waals surface area contributed by atoms with Crippen molar-refractivity contribution in [3.8, 4) is 0 Å². The van der Waals surface area contributed by atoms with E-state index in [0.29, 0.717) is 0 Å². The molecule has 48 heavy (non-hydrogen) atoms. The number of hydrogen-bond donors (Lipinski definition) is 0. The van der Waals surface area contributed by atoms with Gasteiger partial charge >= 0.3 is 0 Å². The van der Waals surface area contributed by atoms with Crippen LogP contribution in [-0.2, 0) is 5.41 Å². The number of nitrogens with zero attached hydrogens (tertiary/aromatic N) is 3. The van der Waals surface area contributed by atoms with Crippen molar-refractivity contribution in [1.82, 2.24) is 4.40 Å². The lowest BCUT2D eigenvalue weighted by Crippen LogP contribution is -2.64. The van der Waals surface area contributed by atoms with Gasteiger partial charge in [0.15, 0.2) is 0 Å². The van der Waals surface area contributed by atoms with Crippen LogP contribution in [0.1, 0.15) is 45.1 Å². The maximum atomic E-state index is 2.81. The summed E-state index contributed by atoms with van der Waals surface area (Å²) in [6.07, 6.45) is 5.04. The van der Waals surface area contributed by atoms with Crippen molar-refractivity contribution in [3.63, 3.8) is 0 Å². The van der Waals surface area contributed by atoms with Gasteiger partial charge in [-0.2, -0.15) is 0 Å². The van der Waals surface area contributed by atoms with E-state index in [1.165, 1.54) is 109 Å². The van der Waals surface area contributed by atoms with Gasteiger partial charge < -0.3 is 14.2 Å². The quantitative estimate of drug-likeness (QED) is 0.171. The van der Waals surface area contributed by atoms with E-state index in [4.69, 9.17) is 0 Å². The van der Waals surface area contributed by atoms with Gasteiger partial charge in [0.25, 0.3) is 6.71 Å².